The molecule has 1 aromatic heterocycles. The SMILES string of the molecule is COc1ccc(NC(=O)c2ccccc2N(C)S(=O)(=O)c2cccc3cc(C)cnc23)cc1. The molecular formula is C25H23N3O4S. The number of carbonyl (C=O) groups is 1. The maximum atomic E-state index is 13.6. The summed E-state index contributed by atoms with van der Waals surface area (Å²) >= 11 is 0. The van der Waals surface area contributed by atoms with Crippen LogP contribution < -0.4 is 14.4 Å². The van der Waals surface area contributed by atoms with E-state index in [9.17, 15) is 13.2 Å². The van der Waals surface area contributed by atoms with Crippen molar-refractivity contribution in [3.63, 3.8) is 0 Å². The second kappa shape index (κ2) is 8.91. The fourth-order valence-corrected chi connectivity index (χ4v) is 4.92. The highest BCUT2D eigenvalue weighted by atomic mass is 32.2. The molecule has 0 saturated carbocycles. The average Bonchev–Trinajstić information content (AvgIpc) is 2.83. The first-order valence-electron chi connectivity index (χ1n) is 10.2. The van der Waals surface area contributed by atoms with Crippen LogP contribution in [0.5, 0.6) is 5.75 Å². The Kier molecular flexibility index (Phi) is 6.02. The van der Waals surface area contributed by atoms with E-state index in [1.165, 1.54) is 13.1 Å². The van der Waals surface area contributed by atoms with Gasteiger partial charge in [0.15, 0.2) is 0 Å². The molecule has 168 valence electrons. The van der Waals surface area contributed by atoms with Crippen LogP contribution in [0.3, 0.4) is 0 Å². The zero-order chi connectivity index (χ0) is 23.6. The topological polar surface area (TPSA) is 88.6 Å². The first-order valence-corrected chi connectivity index (χ1v) is 11.6. The minimum absolute atomic E-state index is 0.0767. The van der Waals surface area contributed by atoms with E-state index in [2.05, 4.69) is 10.3 Å². The van der Waals surface area contributed by atoms with Crippen molar-refractivity contribution in [1.29, 1.82) is 0 Å². The number of hydrogen-bond acceptors (Lipinski definition) is 5. The number of hydrogen-bond donors (Lipinski definition) is 1. The molecule has 8 heteroatoms. The van der Waals surface area contributed by atoms with Crippen molar-refractivity contribution in [2.24, 2.45) is 0 Å². The van der Waals surface area contributed by atoms with Crippen LogP contribution in [-0.4, -0.2) is 33.5 Å². The number of para-hydroxylation sites is 2. The lowest BCUT2D eigenvalue weighted by atomic mass is 10.1. The molecule has 1 heterocycles. The van der Waals surface area contributed by atoms with E-state index < -0.39 is 15.9 Å². The molecule has 1 N–H and O–H groups in total. The van der Waals surface area contributed by atoms with Gasteiger partial charge in [-0.1, -0.05) is 24.3 Å². The summed E-state index contributed by atoms with van der Waals surface area (Å²) in [5, 5.41) is 3.54. The van der Waals surface area contributed by atoms with Crippen LogP contribution in [0.25, 0.3) is 10.9 Å². The molecule has 0 aliphatic rings. The van der Waals surface area contributed by atoms with E-state index in [0.717, 1.165) is 15.3 Å². The molecule has 0 spiro atoms. The summed E-state index contributed by atoms with van der Waals surface area (Å²) < 4.78 is 33.4. The number of benzene rings is 3. The van der Waals surface area contributed by atoms with E-state index in [4.69, 9.17) is 4.74 Å². The van der Waals surface area contributed by atoms with Crippen molar-refractivity contribution in [3.05, 3.63) is 90.1 Å². The summed E-state index contributed by atoms with van der Waals surface area (Å²) in [6.07, 6.45) is 1.64. The molecule has 3 aromatic carbocycles. The average molecular weight is 462 g/mol. The number of sulfonamides is 1. The summed E-state index contributed by atoms with van der Waals surface area (Å²) in [4.78, 5) is 17.5. The Morgan fingerprint density at radius 3 is 2.45 bits per heavy atom. The Bertz CT molecular complexity index is 1430. The van der Waals surface area contributed by atoms with Gasteiger partial charge in [0.2, 0.25) is 0 Å². The molecule has 0 saturated heterocycles. The molecule has 1 amide bonds. The Morgan fingerprint density at radius 2 is 1.73 bits per heavy atom. The third-order valence-corrected chi connectivity index (χ3v) is 7.09. The predicted octanol–water partition coefficient (Wildman–Crippen LogP) is 4.63. The second-order valence-electron chi connectivity index (χ2n) is 7.51. The normalized spacial score (nSPS) is 11.2. The number of methoxy groups -OCH3 is 1. The van der Waals surface area contributed by atoms with Crippen LogP contribution in [0.2, 0.25) is 0 Å². The fraction of sp³-hybridized carbons (Fsp3) is 0.120. The summed E-state index contributed by atoms with van der Waals surface area (Å²) in [6.45, 7) is 1.90. The minimum Gasteiger partial charge on any atom is -0.497 e. The first kappa shape index (κ1) is 22.3. The monoisotopic (exact) mass is 461 g/mol. The van der Waals surface area contributed by atoms with Crippen molar-refractivity contribution in [2.45, 2.75) is 11.8 Å². The maximum Gasteiger partial charge on any atom is 0.266 e. The van der Waals surface area contributed by atoms with Gasteiger partial charge in [-0.15, -0.1) is 0 Å². The number of aromatic nitrogens is 1. The zero-order valence-corrected chi connectivity index (χ0v) is 19.3. The molecule has 0 aliphatic carbocycles. The third kappa shape index (κ3) is 4.38. The van der Waals surface area contributed by atoms with Gasteiger partial charge in [-0.3, -0.25) is 14.1 Å². The number of fused-ring (bicyclic) bond motifs is 1. The van der Waals surface area contributed by atoms with E-state index in [1.54, 1.807) is 67.9 Å². The van der Waals surface area contributed by atoms with Crippen molar-refractivity contribution >= 4 is 38.2 Å². The van der Waals surface area contributed by atoms with E-state index in [0.29, 0.717) is 17.0 Å². The van der Waals surface area contributed by atoms with Gasteiger partial charge in [0.05, 0.1) is 23.9 Å². The molecule has 0 fully saturated rings. The number of amides is 1. The van der Waals surface area contributed by atoms with Crippen molar-refractivity contribution in [1.82, 2.24) is 4.98 Å². The molecule has 4 rings (SSSR count). The highest BCUT2D eigenvalue weighted by molar-refractivity contribution is 7.93. The lowest BCUT2D eigenvalue weighted by Crippen LogP contribution is -2.29. The van der Waals surface area contributed by atoms with Crippen molar-refractivity contribution in [3.8, 4) is 5.75 Å². The van der Waals surface area contributed by atoms with Gasteiger partial charge in [0.25, 0.3) is 15.9 Å². The van der Waals surface area contributed by atoms with E-state index in [1.807, 2.05) is 19.1 Å². The standard InChI is InChI=1S/C25H23N3O4S/c1-17-15-18-7-6-10-23(24(18)26-16-17)33(30,31)28(2)22-9-5-4-8-21(22)25(29)27-19-11-13-20(32-3)14-12-19/h4-16H,1-3H3,(H,27,29). The van der Waals surface area contributed by atoms with Crippen LogP contribution in [0.1, 0.15) is 15.9 Å². The van der Waals surface area contributed by atoms with Gasteiger partial charge in [-0.25, -0.2) is 8.42 Å². The van der Waals surface area contributed by atoms with Crippen LogP contribution in [0.15, 0.2) is 83.9 Å². The van der Waals surface area contributed by atoms with E-state index in [-0.39, 0.29) is 16.1 Å². The number of ether oxygens (including phenoxy) is 1. The second-order valence-corrected chi connectivity index (χ2v) is 9.45. The molecular weight excluding hydrogens is 438 g/mol. The summed E-state index contributed by atoms with van der Waals surface area (Å²) in [6, 6.07) is 20.4. The lowest BCUT2D eigenvalue weighted by Gasteiger charge is -2.22. The molecule has 0 bridgehead atoms. The third-order valence-electron chi connectivity index (χ3n) is 5.28. The van der Waals surface area contributed by atoms with Gasteiger partial charge in [0, 0.05) is 24.3 Å². The number of nitrogens with zero attached hydrogens (tertiary/aromatic N) is 2. The largest absolute Gasteiger partial charge is 0.497 e. The predicted molar refractivity (Wildman–Crippen MR) is 129 cm³/mol. The quantitative estimate of drug-likeness (QED) is 0.452. The van der Waals surface area contributed by atoms with Gasteiger partial charge in [-0.2, -0.15) is 0 Å². The van der Waals surface area contributed by atoms with Gasteiger partial charge in [-0.05, 0) is 61.0 Å². The number of aryl methyl sites for hydroxylation is 1. The minimum atomic E-state index is -4.00. The number of anilines is 2. The number of carbonyl (C=O) groups excluding carboxylic acids is 1. The Hall–Kier alpha value is -3.91. The lowest BCUT2D eigenvalue weighted by molar-refractivity contribution is 0.102. The number of rotatable bonds is 6. The Labute approximate surface area is 192 Å². The van der Waals surface area contributed by atoms with Crippen molar-refractivity contribution in [2.75, 3.05) is 23.8 Å². The number of nitrogens with one attached hydrogen (secondary N) is 1. The van der Waals surface area contributed by atoms with Gasteiger partial charge >= 0.3 is 0 Å². The van der Waals surface area contributed by atoms with Crippen molar-refractivity contribution < 1.29 is 17.9 Å². The molecule has 0 aliphatic heterocycles. The van der Waals surface area contributed by atoms with Crippen LogP contribution >= 0.6 is 0 Å². The summed E-state index contributed by atoms with van der Waals surface area (Å²) in [5.41, 5.74) is 2.37. The molecule has 7 nitrogen and oxygen atoms in total. The van der Waals surface area contributed by atoms with Crippen LogP contribution in [0, 0.1) is 6.92 Å². The van der Waals surface area contributed by atoms with E-state index >= 15 is 0 Å². The Balaban J connectivity index is 1.70. The molecule has 0 unspecified atom stereocenters. The number of pyridine rings is 1. The molecule has 33 heavy (non-hydrogen) atoms. The van der Waals surface area contributed by atoms with Gasteiger partial charge in [0.1, 0.15) is 10.6 Å². The molecule has 0 atom stereocenters. The highest BCUT2D eigenvalue weighted by Crippen LogP contribution is 2.30. The zero-order valence-electron chi connectivity index (χ0n) is 18.4. The van der Waals surface area contributed by atoms with Crippen LogP contribution in [-0.2, 0) is 10.0 Å². The van der Waals surface area contributed by atoms with Gasteiger partial charge < -0.3 is 10.1 Å². The first-order chi connectivity index (χ1) is 15.8. The summed E-state index contributed by atoms with van der Waals surface area (Å²) in [7, 11) is -1.00. The highest BCUT2D eigenvalue weighted by Gasteiger charge is 2.27. The smallest absolute Gasteiger partial charge is 0.266 e. The Morgan fingerprint density at radius 1 is 1.00 bits per heavy atom. The summed E-state index contributed by atoms with van der Waals surface area (Å²) in [5.74, 6) is 0.239. The fourth-order valence-electron chi connectivity index (χ4n) is 3.54. The van der Waals surface area contributed by atoms with Crippen LogP contribution in [0.4, 0.5) is 11.4 Å². The maximum absolute atomic E-state index is 13.6. The molecule has 0 radical (unpaired) electrons. The molecule has 4 aromatic rings.